The highest BCUT2D eigenvalue weighted by Crippen LogP contribution is 2.08. The summed E-state index contributed by atoms with van der Waals surface area (Å²) in [6.45, 7) is 4.72. The zero-order chi connectivity index (χ0) is 12.6. The smallest absolute Gasteiger partial charge is 0.259 e. The van der Waals surface area contributed by atoms with Gasteiger partial charge < -0.3 is 9.67 Å². The molecular formula is C9H17N3O3S. The van der Waals surface area contributed by atoms with Gasteiger partial charge in [0.2, 0.25) is 0 Å². The number of nitrogens with one attached hydrogen (secondary N) is 1. The number of aromatic nitrogens is 2. The van der Waals surface area contributed by atoms with E-state index in [9.17, 15) is 13.5 Å². The molecule has 0 amide bonds. The summed E-state index contributed by atoms with van der Waals surface area (Å²) in [5.41, 5.74) is -1.09. The van der Waals surface area contributed by atoms with Crippen LogP contribution in [-0.4, -0.2) is 35.2 Å². The second kappa shape index (κ2) is 4.15. The molecular weight excluding hydrogens is 230 g/mol. The van der Waals surface area contributed by atoms with Crippen molar-refractivity contribution in [2.45, 2.75) is 31.4 Å². The molecule has 1 aromatic rings. The van der Waals surface area contributed by atoms with Crippen LogP contribution in [0.3, 0.4) is 0 Å². The summed E-state index contributed by atoms with van der Waals surface area (Å²) in [7, 11) is -1.92. The summed E-state index contributed by atoms with van der Waals surface area (Å²) in [6, 6.07) is 0. The molecule has 0 spiro atoms. The molecule has 0 atom stereocenters. The van der Waals surface area contributed by atoms with Crippen molar-refractivity contribution in [1.29, 1.82) is 0 Å². The molecule has 2 N–H and O–H groups in total. The third-order valence-electron chi connectivity index (χ3n) is 2.06. The lowest BCUT2D eigenvalue weighted by Gasteiger charge is -2.16. The summed E-state index contributed by atoms with van der Waals surface area (Å²) in [5, 5.41) is 9.40. The van der Waals surface area contributed by atoms with Gasteiger partial charge in [0.1, 0.15) is 5.82 Å². The molecule has 0 aliphatic carbocycles. The van der Waals surface area contributed by atoms with Crippen molar-refractivity contribution < 1.29 is 13.5 Å². The van der Waals surface area contributed by atoms with Gasteiger partial charge in [-0.15, -0.1) is 0 Å². The molecule has 0 radical (unpaired) electrons. The normalized spacial score (nSPS) is 13.1. The maximum atomic E-state index is 11.7. The van der Waals surface area contributed by atoms with E-state index in [2.05, 4.69) is 9.71 Å². The minimum Gasteiger partial charge on any atom is -0.389 e. The van der Waals surface area contributed by atoms with E-state index in [4.69, 9.17) is 0 Å². The molecule has 0 aromatic carbocycles. The van der Waals surface area contributed by atoms with Crippen LogP contribution in [0.5, 0.6) is 0 Å². The van der Waals surface area contributed by atoms with Crippen LogP contribution in [0.2, 0.25) is 0 Å². The van der Waals surface area contributed by atoms with E-state index in [1.165, 1.54) is 20.0 Å². The molecule has 7 heteroatoms. The van der Waals surface area contributed by atoms with E-state index in [-0.39, 0.29) is 11.6 Å². The molecule has 0 fully saturated rings. The molecule has 0 saturated carbocycles. The summed E-state index contributed by atoms with van der Waals surface area (Å²) < 4.78 is 27.4. The average Bonchev–Trinajstić information content (AvgIpc) is 2.44. The molecule has 0 aliphatic heterocycles. The van der Waals surface area contributed by atoms with Crippen molar-refractivity contribution in [3.63, 3.8) is 0 Å². The van der Waals surface area contributed by atoms with Gasteiger partial charge in [0.15, 0.2) is 5.03 Å². The second-order valence-electron chi connectivity index (χ2n) is 4.37. The van der Waals surface area contributed by atoms with Gasteiger partial charge in [0.25, 0.3) is 10.0 Å². The van der Waals surface area contributed by atoms with Crippen molar-refractivity contribution in [2.75, 3.05) is 6.54 Å². The number of aliphatic hydroxyl groups is 1. The predicted octanol–water partition coefficient (Wildman–Crippen LogP) is -0.222. The third-order valence-corrected chi connectivity index (χ3v) is 3.33. The maximum Gasteiger partial charge on any atom is 0.259 e. The number of hydrogen-bond donors (Lipinski definition) is 2. The fourth-order valence-electron chi connectivity index (χ4n) is 1.00. The topological polar surface area (TPSA) is 84.2 Å². The first-order valence-electron chi connectivity index (χ1n) is 4.84. The van der Waals surface area contributed by atoms with Gasteiger partial charge >= 0.3 is 0 Å². The minimum absolute atomic E-state index is 0.0308. The summed E-state index contributed by atoms with van der Waals surface area (Å²) in [5.74, 6) is 0.614. The Morgan fingerprint density at radius 2 is 2.12 bits per heavy atom. The van der Waals surface area contributed by atoms with Crippen molar-refractivity contribution in [3.05, 3.63) is 12.0 Å². The fourth-order valence-corrected chi connectivity index (χ4v) is 2.24. The molecule has 0 unspecified atom stereocenters. The lowest BCUT2D eigenvalue weighted by atomic mass is 10.1. The Balaban J connectivity index is 2.87. The maximum absolute atomic E-state index is 11.7. The number of hydrogen-bond acceptors (Lipinski definition) is 4. The van der Waals surface area contributed by atoms with Crippen molar-refractivity contribution in [3.8, 4) is 0 Å². The lowest BCUT2D eigenvalue weighted by Crippen LogP contribution is -2.38. The predicted molar refractivity (Wildman–Crippen MR) is 59.4 cm³/mol. The number of imidazole rings is 1. The average molecular weight is 247 g/mol. The van der Waals surface area contributed by atoms with E-state index in [1.807, 2.05) is 0 Å². The molecule has 0 saturated heterocycles. The standard InChI is InChI=1S/C9H17N3O3S/c1-7-11-8(5-12(7)4)16(14,15)10-6-9(2,3)13/h5,10,13H,6H2,1-4H3. The zero-order valence-electron chi connectivity index (χ0n) is 9.85. The first kappa shape index (κ1) is 13.1. The molecule has 1 rings (SSSR count). The number of rotatable bonds is 4. The molecule has 92 valence electrons. The van der Waals surface area contributed by atoms with Gasteiger partial charge in [-0.1, -0.05) is 0 Å². The largest absolute Gasteiger partial charge is 0.389 e. The van der Waals surface area contributed by atoms with E-state index in [1.54, 1.807) is 18.5 Å². The Kier molecular flexibility index (Phi) is 3.41. The highest BCUT2D eigenvalue weighted by molar-refractivity contribution is 7.89. The number of sulfonamides is 1. The second-order valence-corrected chi connectivity index (χ2v) is 6.09. The van der Waals surface area contributed by atoms with Crippen molar-refractivity contribution in [1.82, 2.24) is 14.3 Å². The monoisotopic (exact) mass is 247 g/mol. The lowest BCUT2D eigenvalue weighted by molar-refractivity contribution is 0.0857. The molecule has 1 heterocycles. The first-order valence-corrected chi connectivity index (χ1v) is 6.32. The Morgan fingerprint density at radius 3 is 2.50 bits per heavy atom. The van der Waals surface area contributed by atoms with Gasteiger partial charge in [0, 0.05) is 19.8 Å². The molecule has 6 nitrogen and oxygen atoms in total. The molecule has 0 bridgehead atoms. The van der Waals surface area contributed by atoms with Crippen LogP contribution in [-0.2, 0) is 17.1 Å². The van der Waals surface area contributed by atoms with Gasteiger partial charge in [-0.3, -0.25) is 0 Å². The Hall–Kier alpha value is -0.920. The first-order chi connectivity index (χ1) is 7.12. The van der Waals surface area contributed by atoms with Crippen LogP contribution >= 0.6 is 0 Å². The van der Waals surface area contributed by atoms with Crippen LogP contribution in [0.4, 0.5) is 0 Å². The molecule has 16 heavy (non-hydrogen) atoms. The van der Waals surface area contributed by atoms with E-state index in [0.717, 1.165) is 0 Å². The highest BCUT2D eigenvalue weighted by atomic mass is 32.2. The summed E-state index contributed by atoms with van der Waals surface area (Å²) in [4.78, 5) is 3.91. The highest BCUT2D eigenvalue weighted by Gasteiger charge is 2.22. The summed E-state index contributed by atoms with van der Waals surface area (Å²) >= 11 is 0. The van der Waals surface area contributed by atoms with Gasteiger partial charge in [-0.25, -0.2) is 18.1 Å². The number of aryl methyl sites for hydroxylation is 2. The number of nitrogens with zero attached hydrogens (tertiary/aromatic N) is 2. The Labute approximate surface area is 95.4 Å². The van der Waals surface area contributed by atoms with E-state index >= 15 is 0 Å². The van der Waals surface area contributed by atoms with Crippen LogP contribution < -0.4 is 4.72 Å². The minimum atomic E-state index is -3.64. The quantitative estimate of drug-likeness (QED) is 0.770. The van der Waals surface area contributed by atoms with Crippen LogP contribution in [0.1, 0.15) is 19.7 Å². The Morgan fingerprint density at radius 1 is 1.56 bits per heavy atom. The van der Waals surface area contributed by atoms with Crippen LogP contribution in [0.15, 0.2) is 11.2 Å². The third kappa shape index (κ3) is 3.29. The van der Waals surface area contributed by atoms with Gasteiger partial charge in [0.05, 0.1) is 5.60 Å². The van der Waals surface area contributed by atoms with Gasteiger partial charge in [-0.2, -0.15) is 0 Å². The van der Waals surface area contributed by atoms with E-state index < -0.39 is 15.6 Å². The molecule has 0 aliphatic rings. The van der Waals surface area contributed by atoms with Crippen molar-refractivity contribution >= 4 is 10.0 Å². The molecule has 1 aromatic heterocycles. The summed E-state index contributed by atoms with van der Waals surface area (Å²) in [6.07, 6.45) is 1.43. The SMILES string of the molecule is Cc1nc(S(=O)(=O)NCC(C)(C)O)cn1C. The van der Waals surface area contributed by atoms with Crippen LogP contribution in [0, 0.1) is 6.92 Å². The Bertz CT molecular complexity index is 451. The fraction of sp³-hybridized carbons (Fsp3) is 0.667. The van der Waals surface area contributed by atoms with Crippen LogP contribution in [0.25, 0.3) is 0 Å². The zero-order valence-corrected chi connectivity index (χ0v) is 10.7. The van der Waals surface area contributed by atoms with Crippen molar-refractivity contribution in [2.24, 2.45) is 7.05 Å². The van der Waals surface area contributed by atoms with E-state index in [0.29, 0.717) is 5.82 Å². The van der Waals surface area contributed by atoms with Gasteiger partial charge in [-0.05, 0) is 20.8 Å².